The SMILES string of the molecule is CCC(CC)c1ncc2c(=O)[nH]c3c(n12)C=C(C(=O)N1CCN(C)CC1)CC3. The lowest BCUT2D eigenvalue weighted by molar-refractivity contribution is -0.128. The smallest absolute Gasteiger partial charge is 0.274 e. The van der Waals surface area contributed by atoms with Gasteiger partial charge in [0.1, 0.15) is 11.3 Å². The Hall–Kier alpha value is -2.41. The number of imidazole rings is 1. The van der Waals surface area contributed by atoms with Crippen LogP contribution in [0.2, 0.25) is 0 Å². The molecule has 0 spiro atoms. The molecule has 1 N–H and O–H groups in total. The van der Waals surface area contributed by atoms with Gasteiger partial charge in [0.05, 0.1) is 11.9 Å². The molecule has 0 atom stereocenters. The van der Waals surface area contributed by atoms with Crippen molar-refractivity contribution < 1.29 is 4.79 Å². The topological polar surface area (TPSA) is 73.7 Å². The summed E-state index contributed by atoms with van der Waals surface area (Å²) in [4.78, 5) is 37.4. The molecule has 1 saturated heterocycles. The van der Waals surface area contributed by atoms with Gasteiger partial charge in [0.25, 0.3) is 5.56 Å². The lowest BCUT2D eigenvalue weighted by Gasteiger charge is -2.33. The zero-order valence-electron chi connectivity index (χ0n) is 17.0. The molecule has 150 valence electrons. The molecular formula is C21H29N5O2. The van der Waals surface area contributed by atoms with Gasteiger partial charge in [-0.15, -0.1) is 0 Å². The third kappa shape index (κ3) is 3.17. The van der Waals surface area contributed by atoms with E-state index < -0.39 is 0 Å². The van der Waals surface area contributed by atoms with Crippen molar-refractivity contribution in [3.8, 4) is 0 Å². The molecular weight excluding hydrogens is 354 g/mol. The first-order valence-corrected chi connectivity index (χ1v) is 10.3. The molecule has 1 aliphatic heterocycles. The molecule has 1 aliphatic carbocycles. The highest BCUT2D eigenvalue weighted by molar-refractivity contribution is 5.98. The van der Waals surface area contributed by atoms with Crippen molar-refractivity contribution in [3.05, 3.63) is 39.3 Å². The van der Waals surface area contributed by atoms with Crippen molar-refractivity contribution in [2.45, 2.75) is 45.4 Å². The van der Waals surface area contributed by atoms with Gasteiger partial charge in [-0.1, -0.05) is 13.8 Å². The number of aromatic amines is 1. The summed E-state index contributed by atoms with van der Waals surface area (Å²) < 4.78 is 1.99. The minimum Gasteiger partial charge on any atom is -0.336 e. The summed E-state index contributed by atoms with van der Waals surface area (Å²) in [5.74, 6) is 1.34. The van der Waals surface area contributed by atoms with Crippen molar-refractivity contribution in [2.24, 2.45) is 0 Å². The van der Waals surface area contributed by atoms with Gasteiger partial charge in [0, 0.05) is 43.4 Å². The van der Waals surface area contributed by atoms with Crippen LogP contribution in [-0.4, -0.2) is 63.3 Å². The highest BCUT2D eigenvalue weighted by Crippen LogP contribution is 2.28. The number of amides is 1. The normalized spacial score (nSPS) is 17.9. The number of aromatic nitrogens is 3. The number of likely N-dealkylation sites (N-methyl/N-ethyl adjacent to an activating group) is 1. The molecule has 0 bridgehead atoms. The van der Waals surface area contributed by atoms with E-state index in [0.29, 0.717) is 24.3 Å². The molecule has 1 amide bonds. The van der Waals surface area contributed by atoms with Gasteiger partial charge in [0.2, 0.25) is 5.91 Å². The van der Waals surface area contributed by atoms with Crippen molar-refractivity contribution in [2.75, 3.05) is 33.2 Å². The largest absolute Gasteiger partial charge is 0.336 e. The van der Waals surface area contributed by atoms with E-state index >= 15 is 0 Å². The Kier molecular flexibility index (Phi) is 5.10. The molecule has 7 nitrogen and oxygen atoms in total. The Labute approximate surface area is 165 Å². The Morgan fingerprint density at radius 1 is 1.18 bits per heavy atom. The maximum absolute atomic E-state index is 13.1. The number of H-pyrrole nitrogens is 1. The number of rotatable bonds is 4. The van der Waals surface area contributed by atoms with Crippen LogP contribution >= 0.6 is 0 Å². The van der Waals surface area contributed by atoms with E-state index in [0.717, 1.165) is 61.8 Å². The van der Waals surface area contributed by atoms with Gasteiger partial charge in [-0.3, -0.25) is 14.0 Å². The zero-order valence-corrected chi connectivity index (χ0v) is 17.0. The van der Waals surface area contributed by atoms with Crippen LogP contribution < -0.4 is 5.56 Å². The second-order valence-corrected chi connectivity index (χ2v) is 7.93. The quantitative estimate of drug-likeness (QED) is 0.877. The molecule has 2 aromatic rings. The Bertz CT molecular complexity index is 975. The van der Waals surface area contributed by atoms with Crippen molar-refractivity contribution in [1.82, 2.24) is 24.2 Å². The third-order valence-corrected chi connectivity index (χ3v) is 6.21. The summed E-state index contributed by atoms with van der Waals surface area (Å²) in [5, 5.41) is 0. The molecule has 0 radical (unpaired) electrons. The summed E-state index contributed by atoms with van der Waals surface area (Å²) in [6, 6.07) is 0. The Morgan fingerprint density at radius 2 is 1.89 bits per heavy atom. The predicted octanol–water partition coefficient (Wildman–Crippen LogP) is 2.03. The average Bonchev–Trinajstić information content (AvgIpc) is 3.15. The third-order valence-electron chi connectivity index (χ3n) is 6.21. The van der Waals surface area contributed by atoms with Crippen LogP contribution in [0, 0.1) is 0 Å². The summed E-state index contributed by atoms with van der Waals surface area (Å²) in [7, 11) is 2.09. The second kappa shape index (κ2) is 7.54. The Balaban J connectivity index is 1.78. The molecule has 1 fully saturated rings. The maximum atomic E-state index is 13.1. The lowest BCUT2D eigenvalue weighted by atomic mass is 9.97. The highest BCUT2D eigenvalue weighted by Gasteiger charge is 2.27. The zero-order chi connectivity index (χ0) is 19.8. The van der Waals surface area contributed by atoms with Crippen LogP contribution in [0.4, 0.5) is 0 Å². The first-order valence-electron chi connectivity index (χ1n) is 10.3. The maximum Gasteiger partial charge on any atom is 0.274 e. The van der Waals surface area contributed by atoms with Gasteiger partial charge in [-0.2, -0.15) is 0 Å². The van der Waals surface area contributed by atoms with E-state index in [4.69, 9.17) is 0 Å². The van der Waals surface area contributed by atoms with Gasteiger partial charge >= 0.3 is 0 Å². The number of carbonyl (C=O) groups is 1. The number of hydrogen-bond donors (Lipinski definition) is 1. The number of piperazine rings is 1. The predicted molar refractivity (Wildman–Crippen MR) is 110 cm³/mol. The van der Waals surface area contributed by atoms with Crippen LogP contribution in [0.15, 0.2) is 16.6 Å². The Morgan fingerprint density at radius 3 is 2.57 bits per heavy atom. The molecule has 3 heterocycles. The molecule has 28 heavy (non-hydrogen) atoms. The first kappa shape index (κ1) is 18.9. The number of carbonyl (C=O) groups excluding carboxylic acids is 1. The standard InChI is InChI=1S/C21H29N5O2/c1-4-14(5-2)19-22-13-18-20(27)23-16-7-6-15(12-17(16)26(18)19)21(28)25-10-8-24(3)9-11-25/h12-14H,4-11H2,1-3H3,(H,23,27). The van der Waals surface area contributed by atoms with Crippen LogP contribution in [0.5, 0.6) is 0 Å². The summed E-state index contributed by atoms with van der Waals surface area (Å²) >= 11 is 0. The van der Waals surface area contributed by atoms with E-state index in [-0.39, 0.29) is 11.5 Å². The van der Waals surface area contributed by atoms with E-state index in [1.54, 1.807) is 6.20 Å². The van der Waals surface area contributed by atoms with E-state index in [2.05, 4.69) is 35.8 Å². The van der Waals surface area contributed by atoms with Crippen molar-refractivity contribution in [1.29, 1.82) is 0 Å². The summed E-state index contributed by atoms with van der Waals surface area (Å²) in [6.45, 7) is 7.65. The second-order valence-electron chi connectivity index (χ2n) is 7.93. The summed E-state index contributed by atoms with van der Waals surface area (Å²) in [5.41, 5.74) is 3.10. The molecule has 0 aromatic carbocycles. The molecule has 2 aliphatic rings. The van der Waals surface area contributed by atoms with Gasteiger partial charge < -0.3 is 14.8 Å². The highest BCUT2D eigenvalue weighted by atomic mass is 16.2. The van der Waals surface area contributed by atoms with Crippen LogP contribution in [-0.2, 0) is 11.2 Å². The van der Waals surface area contributed by atoms with E-state index in [9.17, 15) is 9.59 Å². The average molecular weight is 383 g/mol. The molecule has 2 aromatic heterocycles. The molecule has 0 unspecified atom stereocenters. The molecule has 7 heteroatoms. The fourth-order valence-electron chi connectivity index (χ4n) is 4.34. The number of hydrogen-bond acceptors (Lipinski definition) is 4. The van der Waals surface area contributed by atoms with E-state index in [1.807, 2.05) is 15.4 Å². The summed E-state index contributed by atoms with van der Waals surface area (Å²) in [6.07, 6.45) is 6.91. The van der Waals surface area contributed by atoms with Gasteiger partial charge in [0.15, 0.2) is 0 Å². The van der Waals surface area contributed by atoms with Gasteiger partial charge in [-0.25, -0.2) is 4.98 Å². The minimum absolute atomic E-state index is 0.106. The van der Waals surface area contributed by atoms with Crippen LogP contribution in [0.3, 0.4) is 0 Å². The van der Waals surface area contributed by atoms with Crippen molar-refractivity contribution >= 4 is 17.5 Å². The van der Waals surface area contributed by atoms with E-state index in [1.165, 1.54) is 0 Å². The van der Waals surface area contributed by atoms with Crippen LogP contribution in [0.25, 0.3) is 11.6 Å². The number of nitrogens with zero attached hydrogens (tertiary/aromatic N) is 4. The molecule has 0 saturated carbocycles. The number of nitrogens with one attached hydrogen (secondary N) is 1. The first-order chi connectivity index (χ1) is 13.5. The molecule has 4 rings (SSSR count). The van der Waals surface area contributed by atoms with Gasteiger partial charge in [-0.05, 0) is 38.8 Å². The van der Waals surface area contributed by atoms with Crippen molar-refractivity contribution in [3.63, 3.8) is 0 Å². The fourth-order valence-corrected chi connectivity index (χ4v) is 4.34. The lowest BCUT2D eigenvalue weighted by Crippen LogP contribution is -2.47. The fraction of sp³-hybridized carbons (Fsp3) is 0.571. The number of aryl methyl sites for hydroxylation is 1. The monoisotopic (exact) mass is 383 g/mol. The number of fused-ring (bicyclic) bond motifs is 3. The minimum atomic E-state index is -0.106. The van der Waals surface area contributed by atoms with Crippen LogP contribution in [0.1, 0.15) is 56.2 Å².